The summed E-state index contributed by atoms with van der Waals surface area (Å²) in [6.07, 6.45) is -0.676. The highest BCUT2D eigenvalue weighted by atomic mass is 35.5. The first-order chi connectivity index (χ1) is 13.8. The van der Waals surface area contributed by atoms with E-state index in [1.165, 1.54) is 0 Å². The number of hydrogen-bond acceptors (Lipinski definition) is 7. The zero-order valence-electron chi connectivity index (χ0n) is 16.6. The molecule has 3 atom stereocenters. The molecule has 156 valence electrons. The van der Waals surface area contributed by atoms with Crippen molar-refractivity contribution < 1.29 is 23.6 Å². The lowest BCUT2D eigenvalue weighted by Crippen LogP contribution is -2.51. The lowest BCUT2D eigenvalue weighted by Gasteiger charge is -2.36. The van der Waals surface area contributed by atoms with E-state index in [1.54, 1.807) is 36.1 Å². The van der Waals surface area contributed by atoms with Gasteiger partial charge in [0.15, 0.2) is 6.10 Å². The molecule has 8 nitrogen and oxygen atoms in total. The second-order valence-electron chi connectivity index (χ2n) is 7.15. The molecule has 1 saturated heterocycles. The number of carbonyl (C=O) groups is 2. The highest BCUT2D eigenvalue weighted by molar-refractivity contribution is 6.30. The molecule has 0 spiro atoms. The highest BCUT2D eigenvalue weighted by Gasteiger charge is 2.30. The van der Waals surface area contributed by atoms with E-state index in [1.807, 2.05) is 13.8 Å². The van der Waals surface area contributed by atoms with Crippen molar-refractivity contribution in [1.29, 1.82) is 0 Å². The summed E-state index contributed by atoms with van der Waals surface area (Å²) < 4.78 is 16.1. The van der Waals surface area contributed by atoms with Gasteiger partial charge in [0, 0.05) is 30.1 Å². The molecule has 3 rings (SSSR count). The van der Waals surface area contributed by atoms with E-state index in [-0.39, 0.29) is 31.0 Å². The van der Waals surface area contributed by atoms with Crippen molar-refractivity contribution in [1.82, 2.24) is 15.0 Å². The maximum Gasteiger partial charge on any atom is 0.307 e. The van der Waals surface area contributed by atoms with Gasteiger partial charge in [-0.3, -0.25) is 9.59 Å². The Bertz CT molecular complexity index is 844. The Labute approximate surface area is 174 Å². The molecule has 3 unspecified atom stereocenters. The van der Waals surface area contributed by atoms with Gasteiger partial charge in [0.1, 0.15) is 0 Å². The third-order valence-electron chi connectivity index (χ3n) is 4.50. The van der Waals surface area contributed by atoms with Gasteiger partial charge in [0.05, 0.1) is 18.6 Å². The van der Waals surface area contributed by atoms with Crippen molar-refractivity contribution in [3.63, 3.8) is 0 Å². The van der Waals surface area contributed by atoms with Gasteiger partial charge in [-0.1, -0.05) is 16.8 Å². The molecule has 2 aromatic rings. The van der Waals surface area contributed by atoms with E-state index in [4.69, 9.17) is 25.6 Å². The Kier molecular flexibility index (Phi) is 6.87. The first-order valence-corrected chi connectivity index (χ1v) is 9.92. The number of rotatable bonds is 6. The summed E-state index contributed by atoms with van der Waals surface area (Å²) in [5.74, 6) is 0.0282. The van der Waals surface area contributed by atoms with Gasteiger partial charge < -0.3 is 18.9 Å². The molecule has 29 heavy (non-hydrogen) atoms. The number of benzene rings is 1. The molecule has 0 bridgehead atoms. The van der Waals surface area contributed by atoms with Gasteiger partial charge in [0.25, 0.3) is 5.91 Å². The first-order valence-electron chi connectivity index (χ1n) is 9.54. The number of esters is 1. The fourth-order valence-electron chi connectivity index (χ4n) is 3.20. The number of hydrogen-bond donors (Lipinski definition) is 0. The lowest BCUT2D eigenvalue weighted by molar-refractivity contribution is -0.164. The predicted octanol–water partition coefficient (Wildman–Crippen LogP) is 2.89. The molecule has 1 aromatic heterocycles. The molecule has 1 aliphatic rings. The minimum absolute atomic E-state index is 0.0375. The molecule has 0 aliphatic carbocycles. The standard InChI is InChI=1S/C20H24ClN3O5/c1-12-10-24(11-13(2)27-12)20(26)14(3)28-18(25)9-8-17-22-19(23-29-17)15-4-6-16(21)7-5-15/h4-7,12-14H,8-11H2,1-3H3. The van der Waals surface area contributed by atoms with E-state index >= 15 is 0 Å². The largest absolute Gasteiger partial charge is 0.453 e. The van der Waals surface area contributed by atoms with Crippen LogP contribution in [0.4, 0.5) is 0 Å². The van der Waals surface area contributed by atoms with E-state index in [2.05, 4.69) is 10.1 Å². The topological polar surface area (TPSA) is 94.8 Å². The summed E-state index contributed by atoms with van der Waals surface area (Å²) in [6, 6.07) is 7.04. The smallest absolute Gasteiger partial charge is 0.307 e. The SMILES string of the molecule is CC1CN(C(=O)C(C)OC(=O)CCc2nc(-c3ccc(Cl)cc3)no2)CC(C)O1. The molecule has 0 radical (unpaired) electrons. The normalized spacial score (nSPS) is 20.3. The quantitative estimate of drug-likeness (QED) is 0.662. The molecular weight excluding hydrogens is 398 g/mol. The Balaban J connectivity index is 1.48. The van der Waals surface area contributed by atoms with Crippen molar-refractivity contribution in [2.24, 2.45) is 0 Å². The number of nitrogens with zero attached hydrogens (tertiary/aromatic N) is 3. The summed E-state index contributed by atoms with van der Waals surface area (Å²) in [6.45, 7) is 6.38. The summed E-state index contributed by atoms with van der Waals surface area (Å²) in [5.41, 5.74) is 0.764. The zero-order chi connectivity index (χ0) is 21.0. The van der Waals surface area contributed by atoms with Crippen molar-refractivity contribution >= 4 is 23.5 Å². The number of halogens is 1. The van der Waals surface area contributed by atoms with Crippen LogP contribution in [0.1, 0.15) is 33.1 Å². The monoisotopic (exact) mass is 421 g/mol. The van der Waals surface area contributed by atoms with Crippen LogP contribution in [0.5, 0.6) is 0 Å². The van der Waals surface area contributed by atoms with Gasteiger partial charge in [-0.25, -0.2) is 0 Å². The molecule has 0 N–H and O–H groups in total. The number of ether oxygens (including phenoxy) is 2. The molecule has 1 aliphatic heterocycles. The van der Waals surface area contributed by atoms with Crippen LogP contribution >= 0.6 is 11.6 Å². The highest BCUT2D eigenvalue weighted by Crippen LogP contribution is 2.19. The second kappa shape index (κ2) is 9.37. The van der Waals surface area contributed by atoms with Gasteiger partial charge in [-0.2, -0.15) is 4.98 Å². The number of amides is 1. The van der Waals surface area contributed by atoms with Crippen molar-refractivity contribution in [3.05, 3.63) is 35.2 Å². The van der Waals surface area contributed by atoms with E-state index in [0.717, 1.165) is 5.56 Å². The van der Waals surface area contributed by atoms with Gasteiger partial charge in [-0.15, -0.1) is 0 Å². The fourth-order valence-corrected chi connectivity index (χ4v) is 3.33. The Morgan fingerprint density at radius 3 is 2.55 bits per heavy atom. The van der Waals surface area contributed by atoms with Crippen molar-refractivity contribution in [2.45, 2.75) is 51.9 Å². The average Bonchev–Trinajstić information content (AvgIpc) is 3.14. The summed E-state index contributed by atoms with van der Waals surface area (Å²) in [4.78, 5) is 30.6. The van der Waals surface area contributed by atoms with Crippen LogP contribution in [0.2, 0.25) is 5.02 Å². The molecule has 0 saturated carbocycles. The average molecular weight is 422 g/mol. The zero-order valence-corrected chi connectivity index (χ0v) is 17.4. The summed E-state index contributed by atoms with van der Waals surface area (Å²) in [7, 11) is 0. The molecule has 1 amide bonds. The van der Waals surface area contributed by atoms with Crippen LogP contribution in [0, 0.1) is 0 Å². The molecule has 1 aromatic carbocycles. The molecule has 1 fully saturated rings. The van der Waals surface area contributed by atoms with Crippen molar-refractivity contribution in [2.75, 3.05) is 13.1 Å². The van der Waals surface area contributed by atoms with E-state index in [9.17, 15) is 9.59 Å². The van der Waals surface area contributed by atoms with Gasteiger partial charge in [-0.05, 0) is 45.0 Å². The van der Waals surface area contributed by atoms with Crippen molar-refractivity contribution in [3.8, 4) is 11.4 Å². The van der Waals surface area contributed by atoms with Crippen LogP contribution in [0.3, 0.4) is 0 Å². The van der Waals surface area contributed by atoms with Crippen LogP contribution in [0.25, 0.3) is 11.4 Å². The maximum absolute atomic E-state index is 12.5. The van der Waals surface area contributed by atoms with Crippen LogP contribution < -0.4 is 0 Å². The number of morpholine rings is 1. The molecule has 2 heterocycles. The minimum Gasteiger partial charge on any atom is -0.453 e. The van der Waals surface area contributed by atoms with Crippen LogP contribution in [0.15, 0.2) is 28.8 Å². The number of aromatic nitrogens is 2. The molecule has 9 heteroatoms. The van der Waals surface area contributed by atoms with Gasteiger partial charge >= 0.3 is 5.97 Å². The first kappa shape index (κ1) is 21.3. The Hall–Kier alpha value is -2.45. The molecular formula is C20H24ClN3O5. The number of carbonyl (C=O) groups excluding carboxylic acids is 2. The second-order valence-corrected chi connectivity index (χ2v) is 7.59. The summed E-state index contributed by atoms with van der Waals surface area (Å²) in [5, 5.41) is 4.52. The Morgan fingerprint density at radius 2 is 1.90 bits per heavy atom. The van der Waals surface area contributed by atoms with E-state index < -0.39 is 12.1 Å². The number of aryl methyl sites for hydroxylation is 1. The third kappa shape index (κ3) is 5.77. The fraction of sp³-hybridized carbons (Fsp3) is 0.500. The minimum atomic E-state index is -0.854. The maximum atomic E-state index is 12.5. The van der Waals surface area contributed by atoms with Crippen LogP contribution in [-0.2, 0) is 25.5 Å². The lowest BCUT2D eigenvalue weighted by atomic mass is 10.2. The van der Waals surface area contributed by atoms with Gasteiger partial charge in [0.2, 0.25) is 11.7 Å². The van der Waals surface area contributed by atoms with Crippen LogP contribution in [-0.4, -0.2) is 58.3 Å². The van der Waals surface area contributed by atoms with E-state index in [0.29, 0.717) is 29.8 Å². The third-order valence-corrected chi connectivity index (χ3v) is 4.75. The Morgan fingerprint density at radius 1 is 1.24 bits per heavy atom. The summed E-state index contributed by atoms with van der Waals surface area (Å²) >= 11 is 5.87. The predicted molar refractivity (Wildman–Crippen MR) is 105 cm³/mol.